The van der Waals surface area contributed by atoms with E-state index in [0.29, 0.717) is 26.0 Å². The Hall–Kier alpha value is -1.76. The second kappa shape index (κ2) is 7.42. The molecule has 1 aliphatic rings. The molecule has 1 fully saturated rings. The Morgan fingerprint density at radius 2 is 2.12 bits per heavy atom. The van der Waals surface area contributed by atoms with E-state index in [0.717, 1.165) is 31.6 Å². The van der Waals surface area contributed by atoms with Crippen molar-refractivity contribution in [1.82, 2.24) is 4.90 Å². The highest BCUT2D eigenvalue weighted by Gasteiger charge is 2.39. The Balaban J connectivity index is 1.68. The Labute approximate surface area is 139 Å². The van der Waals surface area contributed by atoms with Crippen molar-refractivity contribution in [3.05, 3.63) is 29.8 Å². The molecule has 1 aromatic carbocycles. The number of carbonyl (C=O) groups is 1. The Morgan fingerprint density at radius 3 is 2.75 bits per heavy atom. The normalized spacial score (nSPS) is 21.8. The van der Waals surface area contributed by atoms with E-state index in [1.165, 1.54) is 12.1 Å². The summed E-state index contributed by atoms with van der Waals surface area (Å²) in [4.78, 5) is 13.3. The molecule has 1 unspecified atom stereocenters. The molecule has 0 bridgehead atoms. The zero-order valence-corrected chi connectivity index (χ0v) is 13.6. The number of hydrogen-bond acceptors (Lipinski definition) is 3. The lowest BCUT2D eigenvalue weighted by atomic mass is 9.90. The number of likely N-dealkylation sites (tertiary alicyclic amines) is 1. The Kier molecular flexibility index (Phi) is 5.74. The van der Waals surface area contributed by atoms with E-state index in [-0.39, 0.29) is 5.75 Å². The van der Waals surface area contributed by atoms with Crippen molar-refractivity contribution >= 4 is 5.97 Å². The van der Waals surface area contributed by atoms with Crippen molar-refractivity contribution in [3.8, 4) is 5.75 Å². The predicted molar refractivity (Wildman–Crippen MR) is 83.0 cm³/mol. The lowest BCUT2D eigenvalue weighted by Crippen LogP contribution is -2.32. The third-order valence-electron chi connectivity index (χ3n) is 4.37. The fourth-order valence-corrected chi connectivity index (χ4v) is 2.81. The maximum Gasteiger partial charge on any atom is 0.416 e. The molecule has 0 aromatic heterocycles. The van der Waals surface area contributed by atoms with Crippen LogP contribution in [0.2, 0.25) is 0 Å². The molecule has 134 valence electrons. The van der Waals surface area contributed by atoms with Gasteiger partial charge in [-0.2, -0.15) is 13.2 Å². The number of carboxylic acid groups (broad SMARTS) is 1. The first-order chi connectivity index (χ1) is 11.2. The molecular weight excluding hydrogens is 323 g/mol. The highest BCUT2D eigenvalue weighted by molar-refractivity contribution is 5.74. The van der Waals surface area contributed by atoms with Gasteiger partial charge in [0.25, 0.3) is 0 Å². The average Bonchev–Trinajstić information content (AvgIpc) is 2.89. The van der Waals surface area contributed by atoms with Gasteiger partial charge in [-0.05, 0) is 57.5 Å². The second-order valence-electron chi connectivity index (χ2n) is 6.47. The topological polar surface area (TPSA) is 49.8 Å². The van der Waals surface area contributed by atoms with Gasteiger partial charge in [0.05, 0.1) is 17.6 Å². The molecule has 2 rings (SSSR count). The van der Waals surface area contributed by atoms with E-state index in [4.69, 9.17) is 4.74 Å². The van der Waals surface area contributed by atoms with Crippen LogP contribution in [-0.4, -0.2) is 42.2 Å². The average molecular weight is 345 g/mol. The summed E-state index contributed by atoms with van der Waals surface area (Å²) < 4.78 is 43.2. The number of benzene rings is 1. The third-order valence-corrected chi connectivity index (χ3v) is 4.37. The van der Waals surface area contributed by atoms with Crippen LogP contribution in [0.15, 0.2) is 24.3 Å². The minimum Gasteiger partial charge on any atom is -0.494 e. The monoisotopic (exact) mass is 345 g/mol. The second-order valence-corrected chi connectivity index (χ2v) is 6.47. The molecule has 24 heavy (non-hydrogen) atoms. The van der Waals surface area contributed by atoms with E-state index in [1.807, 2.05) is 0 Å². The molecular formula is C17H22F3NO3. The summed E-state index contributed by atoms with van der Waals surface area (Å²) in [6.45, 7) is 4.17. The van der Waals surface area contributed by atoms with Crippen molar-refractivity contribution in [3.63, 3.8) is 0 Å². The SMILES string of the molecule is CC1(C(=O)O)CCN(CCCCOc2cccc(C(F)(F)F)c2)C1. The van der Waals surface area contributed by atoms with Gasteiger partial charge in [0.1, 0.15) is 5.75 Å². The van der Waals surface area contributed by atoms with Crippen LogP contribution >= 0.6 is 0 Å². The summed E-state index contributed by atoms with van der Waals surface area (Å²) in [5.41, 5.74) is -1.39. The molecule has 1 saturated heterocycles. The van der Waals surface area contributed by atoms with Crippen molar-refractivity contribution in [2.45, 2.75) is 32.4 Å². The van der Waals surface area contributed by atoms with E-state index in [1.54, 1.807) is 6.92 Å². The third kappa shape index (κ3) is 4.87. The van der Waals surface area contributed by atoms with Gasteiger partial charge >= 0.3 is 12.1 Å². The van der Waals surface area contributed by atoms with Crippen LogP contribution in [0.1, 0.15) is 31.7 Å². The van der Waals surface area contributed by atoms with Crippen LogP contribution in [0.4, 0.5) is 13.2 Å². The molecule has 0 aliphatic carbocycles. The van der Waals surface area contributed by atoms with Gasteiger partial charge in [0, 0.05) is 6.54 Å². The largest absolute Gasteiger partial charge is 0.494 e. The summed E-state index contributed by atoms with van der Waals surface area (Å²) in [7, 11) is 0. The zero-order chi connectivity index (χ0) is 17.8. The number of alkyl halides is 3. The Morgan fingerprint density at radius 1 is 1.38 bits per heavy atom. The van der Waals surface area contributed by atoms with E-state index in [2.05, 4.69) is 4.90 Å². The molecule has 7 heteroatoms. The van der Waals surface area contributed by atoms with Gasteiger partial charge in [-0.1, -0.05) is 6.07 Å². The molecule has 0 radical (unpaired) electrons. The van der Waals surface area contributed by atoms with Crippen LogP contribution in [0, 0.1) is 5.41 Å². The fourth-order valence-electron chi connectivity index (χ4n) is 2.81. The van der Waals surface area contributed by atoms with Crippen molar-refractivity contribution in [2.24, 2.45) is 5.41 Å². The van der Waals surface area contributed by atoms with Crippen molar-refractivity contribution < 1.29 is 27.8 Å². The highest BCUT2D eigenvalue weighted by atomic mass is 19.4. The fraction of sp³-hybridized carbons (Fsp3) is 0.588. The van der Waals surface area contributed by atoms with E-state index >= 15 is 0 Å². The lowest BCUT2D eigenvalue weighted by molar-refractivity contribution is -0.147. The van der Waals surface area contributed by atoms with Gasteiger partial charge in [0.15, 0.2) is 0 Å². The molecule has 4 nitrogen and oxygen atoms in total. The number of aliphatic carboxylic acids is 1. The summed E-state index contributed by atoms with van der Waals surface area (Å²) in [5.74, 6) is -0.553. The lowest BCUT2D eigenvalue weighted by Gasteiger charge is -2.19. The first kappa shape index (κ1) is 18.6. The summed E-state index contributed by atoms with van der Waals surface area (Å²) in [5, 5.41) is 9.18. The first-order valence-electron chi connectivity index (χ1n) is 7.96. The van der Waals surface area contributed by atoms with Gasteiger partial charge in [-0.15, -0.1) is 0 Å². The molecule has 1 atom stereocenters. The van der Waals surface area contributed by atoms with Crippen molar-refractivity contribution in [1.29, 1.82) is 0 Å². The standard InChI is InChI=1S/C17H22F3NO3/c1-16(15(22)23)7-9-21(12-16)8-2-3-10-24-14-6-4-5-13(11-14)17(18,19)20/h4-6,11H,2-3,7-10,12H2,1H3,(H,22,23). The van der Waals surface area contributed by atoms with E-state index in [9.17, 15) is 23.1 Å². The van der Waals surface area contributed by atoms with Crippen LogP contribution in [0.3, 0.4) is 0 Å². The maximum atomic E-state index is 12.6. The minimum atomic E-state index is -4.37. The number of nitrogens with zero attached hydrogens (tertiary/aromatic N) is 1. The number of halogens is 3. The summed E-state index contributed by atoms with van der Waals surface area (Å²) >= 11 is 0. The summed E-state index contributed by atoms with van der Waals surface area (Å²) in [6.07, 6.45) is -2.21. The van der Waals surface area contributed by atoms with Crippen molar-refractivity contribution in [2.75, 3.05) is 26.2 Å². The predicted octanol–water partition coefficient (Wildman–Crippen LogP) is 3.66. The van der Waals surface area contributed by atoms with Crippen LogP contribution in [0.25, 0.3) is 0 Å². The Bertz CT molecular complexity index is 576. The number of hydrogen-bond donors (Lipinski definition) is 1. The van der Waals surface area contributed by atoms with Gasteiger partial charge in [0.2, 0.25) is 0 Å². The molecule has 1 heterocycles. The molecule has 0 spiro atoms. The van der Waals surface area contributed by atoms with Crippen LogP contribution in [-0.2, 0) is 11.0 Å². The smallest absolute Gasteiger partial charge is 0.416 e. The van der Waals surface area contributed by atoms with Gasteiger partial charge < -0.3 is 14.7 Å². The number of ether oxygens (including phenoxy) is 1. The molecule has 1 aromatic rings. The van der Waals surface area contributed by atoms with Crippen LogP contribution < -0.4 is 4.74 Å². The number of unbranched alkanes of at least 4 members (excludes halogenated alkanes) is 1. The van der Waals surface area contributed by atoms with Crippen LogP contribution in [0.5, 0.6) is 5.75 Å². The molecule has 1 N–H and O–H groups in total. The first-order valence-corrected chi connectivity index (χ1v) is 7.96. The highest BCUT2D eigenvalue weighted by Crippen LogP contribution is 2.31. The maximum absolute atomic E-state index is 12.6. The van der Waals surface area contributed by atoms with E-state index < -0.39 is 23.1 Å². The summed E-state index contributed by atoms with van der Waals surface area (Å²) in [6, 6.07) is 4.85. The van der Waals surface area contributed by atoms with Gasteiger partial charge in [-0.25, -0.2) is 0 Å². The quantitative estimate of drug-likeness (QED) is 0.766. The molecule has 0 amide bonds. The molecule has 1 aliphatic heterocycles. The molecule has 0 saturated carbocycles. The number of rotatable bonds is 7. The minimum absolute atomic E-state index is 0.212. The number of carboxylic acids is 1. The van der Waals surface area contributed by atoms with Gasteiger partial charge in [-0.3, -0.25) is 4.79 Å². The zero-order valence-electron chi connectivity index (χ0n) is 13.6.